The van der Waals surface area contributed by atoms with Crippen LogP contribution in [-0.2, 0) is 4.79 Å². The standard InChI is InChI=1S/C20H26N4O/c1-15(2)18(17-7-5-16(3)6-8-17)19(25)23-11-13-24(14-12-23)20-21-9-4-10-22-20/h4-10,15,18H,11-14H2,1-3H3. The monoisotopic (exact) mass is 338 g/mol. The molecule has 0 spiro atoms. The first kappa shape index (κ1) is 17.4. The van der Waals surface area contributed by atoms with Crippen LogP contribution in [0.4, 0.5) is 5.95 Å². The van der Waals surface area contributed by atoms with Gasteiger partial charge in [-0.15, -0.1) is 0 Å². The van der Waals surface area contributed by atoms with E-state index in [1.807, 2.05) is 11.0 Å². The third-order valence-corrected chi connectivity index (χ3v) is 4.80. The van der Waals surface area contributed by atoms with E-state index in [1.165, 1.54) is 5.56 Å². The van der Waals surface area contributed by atoms with E-state index in [4.69, 9.17) is 0 Å². The van der Waals surface area contributed by atoms with Gasteiger partial charge in [-0.1, -0.05) is 43.7 Å². The van der Waals surface area contributed by atoms with Crippen LogP contribution in [0.3, 0.4) is 0 Å². The highest BCUT2D eigenvalue weighted by atomic mass is 16.2. The molecule has 1 aliphatic heterocycles. The van der Waals surface area contributed by atoms with Crippen LogP contribution in [0, 0.1) is 12.8 Å². The van der Waals surface area contributed by atoms with E-state index in [9.17, 15) is 4.79 Å². The Labute approximate surface area is 149 Å². The highest BCUT2D eigenvalue weighted by Crippen LogP contribution is 2.27. The molecule has 1 saturated heterocycles. The van der Waals surface area contributed by atoms with Gasteiger partial charge in [-0.05, 0) is 24.5 Å². The predicted molar refractivity (Wildman–Crippen MR) is 99.6 cm³/mol. The molecule has 1 amide bonds. The number of hydrogen-bond acceptors (Lipinski definition) is 4. The van der Waals surface area contributed by atoms with Gasteiger partial charge < -0.3 is 9.80 Å². The molecule has 2 heterocycles. The molecule has 1 aromatic carbocycles. The molecular formula is C20H26N4O. The minimum absolute atomic E-state index is 0.0832. The fourth-order valence-corrected chi connectivity index (χ4v) is 3.36. The molecule has 1 aromatic heterocycles. The summed E-state index contributed by atoms with van der Waals surface area (Å²) < 4.78 is 0. The van der Waals surface area contributed by atoms with Gasteiger partial charge in [0, 0.05) is 38.6 Å². The number of hydrogen-bond donors (Lipinski definition) is 0. The SMILES string of the molecule is Cc1ccc(C(C(=O)N2CCN(c3ncccn3)CC2)C(C)C)cc1. The molecule has 0 N–H and O–H groups in total. The van der Waals surface area contributed by atoms with Crippen LogP contribution in [0.5, 0.6) is 0 Å². The molecule has 0 aliphatic carbocycles. The highest BCUT2D eigenvalue weighted by molar-refractivity contribution is 5.84. The summed E-state index contributed by atoms with van der Waals surface area (Å²) in [4.78, 5) is 25.9. The number of carbonyl (C=O) groups is 1. The van der Waals surface area contributed by atoms with E-state index in [0.29, 0.717) is 13.1 Å². The van der Waals surface area contributed by atoms with E-state index in [0.717, 1.165) is 24.6 Å². The van der Waals surface area contributed by atoms with Gasteiger partial charge >= 0.3 is 0 Å². The van der Waals surface area contributed by atoms with Gasteiger partial charge in [0.05, 0.1) is 5.92 Å². The Morgan fingerprint density at radius 2 is 1.60 bits per heavy atom. The summed E-state index contributed by atoms with van der Waals surface area (Å²) in [7, 11) is 0. The van der Waals surface area contributed by atoms with Crippen molar-refractivity contribution in [3.63, 3.8) is 0 Å². The predicted octanol–water partition coefficient (Wildman–Crippen LogP) is 2.87. The number of anilines is 1. The van der Waals surface area contributed by atoms with Crippen LogP contribution in [0.25, 0.3) is 0 Å². The van der Waals surface area contributed by atoms with Gasteiger partial charge in [0.1, 0.15) is 0 Å². The maximum Gasteiger partial charge on any atom is 0.230 e. The van der Waals surface area contributed by atoms with Gasteiger partial charge in [0.15, 0.2) is 0 Å². The number of carbonyl (C=O) groups excluding carboxylic acids is 1. The second-order valence-corrected chi connectivity index (χ2v) is 6.99. The molecule has 5 nitrogen and oxygen atoms in total. The zero-order valence-electron chi connectivity index (χ0n) is 15.2. The number of amides is 1. The van der Waals surface area contributed by atoms with Gasteiger partial charge in [0.2, 0.25) is 11.9 Å². The Balaban J connectivity index is 1.68. The average Bonchev–Trinajstić information content (AvgIpc) is 2.64. The second-order valence-electron chi connectivity index (χ2n) is 6.99. The molecule has 0 bridgehead atoms. The van der Waals surface area contributed by atoms with Crippen molar-refractivity contribution >= 4 is 11.9 Å². The van der Waals surface area contributed by atoms with Crippen LogP contribution in [0.15, 0.2) is 42.7 Å². The molecule has 1 aliphatic rings. The average molecular weight is 338 g/mol. The topological polar surface area (TPSA) is 49.3 Å². The lowest BCUT2D eigenvalue weighted by atomic mass is 9.86. The fraction of sp³-hybridized carbons (Fsp3) is 0.450. The maximum absolute atomic E-state index is 13.1. The molecule has 0 saturated carbocycles. The van der Waals surface area contributed by atoms with Gasteiger partial charge in [-0.2, -0.15) is 0 Å². The first-order chi connectivity index (χ1) is 12.1. The third kappa shape index (κ3) is 3.98. The number of rotatable bonds is 4. The summed E-state index contributed by atoms with van der Waals surface area (Å²) in [6.07, 6.45) is 3.51. The molecule has 132 valence electrons. The summed E-state index contributed by atoms with van der Waals surface area (Å²) in [6.45, 7) is 9.29. The summed E-state index contributed by atoms with van der Waals surface area (Å²) in [5, 5.41) is 0. The summed E-state index contributed by atoms with van der Waals surface area (Å²) >= 11 is 0. The summed E-state index contributed by atoms with van der Waals surface area (Å²) in [5.74, 6) is 1.16. The second kappa shape index (κ2) is 7.64. The van der Waals surface area contributed by atoms with Gasteiger partial charge in [0.25, 0.3) is 0 Å². The molecule has 1 fully saturated rings. The normalized spacial score (nSPS) is 16.2. The van der Waals surface area contributed by atoms with Crippen LogP contribution < -0.4 is 4.90 Å². The highest BCUT2D eigenvalue weighted by Gasteiger charge is 2.31. The Kier molecular flexibility index (Phi) is 5.31. The van der Waals surface area contributed by atoms with E-state index >= 15 is 0 Å². The van der Waals surface area contributed by atoms with Crippen LogP contribution >= 0.6 is 0 Å². The van der Waals surface area contributed by atoms with Crippen LogP contribution in [0.2, 0.25) is 0 Å². The van der Waals surface area contributed by atoms with Crippen LogP contribution in [0.1, 0.15) is 30.9 Å². The molecule has 0 radical (unpaired) electrons. The molecule has 1 unspecified atom stereocenters. The van der Waals surface area contributed by atoms with E-state index < -0.39 is 0 Å². The van der Waals surface area contributed by atoms with E-state index in [-0.39, 0.29) is 17.7 Å². The summed E-state index contributed by atoms with van der Waals surface area (Å²) in [6, 6.07) is 10.2. The molecular weight excluding hydrogens is 312 g/mol. The minimum atomic E-state index is -0.0832. The zero-order valence-corrected chi connectivity index (χ0v) is 15.2. The lowest BCUT2D eigenvalue weighted by Gasteiger charge is -2.37. The quantitative estimate of drug-likeness (QED) is 0.860. The Bertz CT molecular complexity index is 691. The molecule has 5 heteroatoms. The largest absolute Gasteiger partial charge is 0.339 e. The van der Waals surface area contributed by atoms with Crippen molar-refractivity contribution in [2.75, 3.05) is 31.1 Å². The smallest absolute Gasteiger partial charge is 0.230 e. The number of piperazine rings is 1. The van der Waals surface area contributed by atoms with E-state index in [1.54, 1.807) is 12.4 Å². The van der Waals surface area contributed by atoms with E-state index in [2.05, 4.69) is 59.9 Å². The summed E-state index contributed by atoms with van der Waals surface area (Å²) in [5.41, 5.74) is 2.33. The zero-order chi connectivity index (χ0) is 17.8. The van der Waals surface area contributed by atoms with Gasteiger partial charge in [-0.3, -0.25) is 4.79 Å². The Morgan fingerprint density at radius 1 is 1.00 bits per heavy atom. The molecule has 3 rings (SSSR count). The van der Waals surface area contributed by atoms with Crippen LogP contribution in [-0.4, -0.2) is 47.0 Å². The first-order valence-electron chi connectivity index (χ1n) is 8.93. The molecule has 2 aromatic rings. The number of nitrogens with zero attached hydrogens (tertiary/aromatic N) is 4. The van der Waals surface area contributed by atoms with Crippen molar-refractivity contribution < 1.29 is 4.79 Å². The Hall–Kier alpha value is -2.43. The molecule has 1 atom stereocenters. The van der Waals surface area contributed by atoms with Crippen molar-refractivity contribution in [3.8, 4) is 0 Å². The maximum atomic E-state index is 13.1. The van der Waals surface area contributed by atoms with Crippen molar-refractivity contribution in [1.29, 1.82) is 0 Å². The van der Waals surface area contributed by atoms with Crippen molar-refractivity contribution in [1.82, 2.24) is 14.9 Å². The van der Waals surface area contributed by atoms with Crippen molar-refractivity contribution in [3.05, 3.63) is 53.9 Å². The number of benzene rings is 1. The molecule has 25 heavy (non-hydrogen) atoms. The Morgan fingerprint density at radius 3 is 2.16 bits per heavy atom. The first-order valence-corrected chi connectivity index (χ1v) is 8.93. The number of aryl methyl sites for hydroxylation is 1. The third-order valence-electron chi connectivity index (χ3n) is 4.80. The minimum Gasteiger partial charge on any atom is -0.339 e. The number of aromatic nitrogens is 2. The van der Waals surface area contributed by atoms with Gasteiger partial charge in [-0.25, -0.2) is 9.97 Å². The fourth-order valence-electron chi connectivity index (χ4n) is 3.36. The lowest BCUT2D eigenvalue weighted by Crippen LogP contribution is -2.51. The van der Waals surface area contributed by atoms with Crippen molar-refractivity contribution in [2.45, 2.75) is 26.7 Å². The lowest BCUT2D eigenvalue weighted by molar-refractivity contribution is -0.134. The van der Waals surface area contributed by atoms with Crippen molar-refractivity contribution in [2.24, 2.45) is 5.92 Å².